The molecule has 0 spiro atoms. The Morgan fingerprint density at radius 3 is 2.88 bits per heavy atom. The second kappa shape index (κ2) is 8.60. The van der Waals surface area contributed by atoms with Crippen LogP contribution in [0.15, 0.2) is 62.4 Å². The van der Waals surface area contributed by atoms with Crippen LogP contribution in [0.25, 0.3) is 21.5 Å². The summed E-state index contributed by atoms with van der Waals surface area (Å²) in [6.07, 6.45) is 1.59. The standard InChI is InChI=1S/C21H18N6O3S2/c1-12(32-21-24-25-26-27(21)10-13-5-7-14(29-2)8-6-13)18-22-19(28)17-15(11-31-20(17)23-18)16-4-3-9-30-16/h3-9,11-12H,10H2,1-2H3,(H,22,23,28). The van der Waals surface area contributed by atoms with E-state index in [-0.39, 0.29) is 10.8 Å². The zero-order valence-corrected chi connectivity index (χ0v) is 18.8. The highest BCUT2D eigenvalue weighted by atomic mass is 32.2. The van der Waals surface area contributed by atoms with E-state index in [4.69, 9.17) is 9.15 Å². The van der Waals surface area contributed by atoms with Gasteiger partial charge in [0, 0.05) is 10.9 Å². The maximum atomic E-state index is 12.8. The third kappa shape index (κ3) is 3.92. The van der Waals surface area contributed by atoms with Gasteiger partial charge < -0.3 is 14.1 Å². The van der Waals surface area contributed by atoms with E-state index < -0.39 is 0 Å². The molecule has 162 valence electrons. The molecular formula is C21H18N6O3S2. The molecule has 4 aromatic heterocycles. The molecule has 0 aliphatic heterocycles. The highest BCUT2D eigenvalue weighted by Gasteiger charge is 2.20. The van der Waals surface area contributed by atoms with Crippen molar-refractivity contribution >= 4 is 33.3 Å². The molecule has 0 saturated heterocycles. The third-order valence-electron chi connectivity index (χ3n) is 4.91. The quantitative estimate of drug-likeness (QED) is 0.356. The maximum absolute atomic E-state index is 12.8. The van der Waals surface area contributed by atoms with Gasteiger partial charge in [0.15, 0.2) is 0 Å². The first-order chi connectivity index (χ1) is 15.6. The number of furan rings is 1. The first-order valence-corrected chi connectivity index (χ1v) is 11.5. The minimum absolute atomic E-state index is 0.165. The molecule has 1 atom stereocenters. The Morgan fingerprint density at radius 1 is 1.28 bits per heavy atom. The average molecular weight is 467 g/mol. The number of H-pyrrole nitrogens is 1. The number of hydrogen-bond donors (Lipinski definition) is 1. The zero-order valence-electron chi connectivity index (χ0n) is 17.2. The van der Waals surface area contributed by atoms with E-state index in [1.165, 1.54) is 23.1 Å². The van der Waals surface area contributed by atoms with E-state index in [1.54, 1.807) is 24.1 Å². The Kier molecular flexibility index (Phi) is 5.50. The minimum atomic E-state index is -0.192. The lowest BCUT2D eigenvalue weighted by atomic mass is 10.2. The number of fused-ring (bicyclic) bond motifs is 1. The number of tetrazole rings is 1. The van der Waals surface area contributed by atoms with Gasteiger partial charge in [-0.3, -0.25) is 4.79 Å². The van der Waals surface area contributed by atoms with Gasteiger partial charge in [0.05, 0.1) is 30.6 Å². The summed E-state index contributed by atoms with van der Waals surface area (Å²) < 4.78 is 12.4. The Morgan fingerprint density at radius 2 is 2.12 bits per heavy atom. The van der Waals surface area contributed by atoms with Gasteiger partial charge in [0.25, 0.3) is 5.56 Å². The van der Waals surface area contributed by atoms with Crippen LogP contribution in [0, 0.1) is 0 Å². The molecule has 5 aromatic rings. The number of methoxy groups -OCH3 is 1. The molecule has 0 aliphatic rings. The number of nitrogens with zero attached hydrogens (tertiary/aromatic N) is 5. The van der Waals surface area contributed by atoms with E-state index >= 15 is 0 Å². The van der Waals surface area contributed by atoms with E-state index in [1.807, 2.05) is 42.6 Å². The number of rotatable bonds is 7. The van der Waals surface area contributed by atoms with Gasteiger partial charge in [-0.1, -0.05) is 23.9 Å². The average Bonchev–Trinajstić information content (AvgIpc) is 3.55. The van der Waals surface area contributed by atoms with E-state index in [0.717, 1.165) is 16.9 Å². The van der Waals surface area contributed by atoms with Crippen molar-refractivity contribution in [1.82, 2.24) is 30.2 Å². The lowest BCUT2D eigenvalue weighted by molar-refractivity contribution is 0.414. The monoisotopic (exact) mass is 466 g/mol. The molecule has 0 amide bonds. The molecule has 1 N–H and O–H groups in total. The fraction of sp³-hybridized carbons (Fsp3) is 0.190. The first kappa shape index (κ1) is 20.5. The van der Waals surface area contributed by atoms with E-state index in [0.29, 0.717) is 33.5 Å². The van der Waals surface area contributed by atoms with Gasteiger partial charge in [-0.05, 0) is 47.2 Å². The molecule has 5 rings (SSSR count). The van der Waals surface area contributed by atoms with Gasteiger partial charge in [-0.25, -0.2) is 9.67 Å². The number of aromatic amines is 1. The number of ether oxygens (including phenoxy) is 1. The van der Waals surface area contributed by atoms with Crippen LogP contribution in [0.5, 0.6) is 5.75 Å². The van der Waals surface area contributed by atoms with Gasteiger partial charge in [0.1, 0.15) is 22.2 Å². The molecule has 11 heteroatoms. The molecule has 0 fully saturated rings. The third-order valence-corrected chi connectivity index (χ3v) is 6.86. The smallest absolute Gasteiger partial charge is 0.260 e. The summed E-state index contributed by atoms with van der Waals surface area (Å²) in [5.74, 6) is 2.01. The highest BCUT2D eigenvalue weighted by Crippen LogP contribution is 2.34. The van der Waals surface area contributed by atoms with Gasteiger partial charge in [-0.15, -0.1) is 16.4 Å². The molecule has 0 aliphatic carbocycles. The van der Waals surface area contributed by atoms with Crippen molar-refractivity contribution in [3.05, 3.63) is 69.8 Å². The number of thioether (sulfide) groups is 1. The van der Waals surface area contributed by atoms with Crippen LogP contribution in [-0.4, -0.2) is 37.3 Å². The summed E-state index contributed by atoms with van der Waals surface area (Å²) in [5.41, 5.74) is 1.60. The Labute approximate surface area is 190 Å². The second-order valence-corrected chi connectivity index (χ2v) is 9.15. The largest absolute Gasteiger partial charge is 0.497 e. The van der Waals surface area contributed by atoms with Crippen molar-refractivity contribution in [1.29, 1.82) is 0 Å². The van der Waals surface area contributed by atoms with Crippen LogP contribution in [-0.2, 0) is 6.54 Å². The lowest BCUT2D eigenvalue weighted by Gasteiger charge is -2.11. The van der Waals surface area contributed by atoms with Crippen molar-refractivity contribution in [3.63, 3.8) is 0 Å². The fourth-order valence-electron chi connectivity index (χ4n) is 3.27. The van der Waals surface area contributed by atoms with Crippen LogP contribution >= 0.6 is 23.1 Å². The summed E-state index contributed by atoms with van der Waals surface area (Å²) in [5, 5.41) is 15.0. The predicted octanol–water partition coefficient (Wildman–Crippen LogP) is 4.14. The Hall–Kier alpha value is -3.44. The maximum Gasteiger partial charge on any atom is 0.260 e. The molecule has 0 radical (unpaired) electrons. The van der Waals surface area contributed by atoms with Crippen LogP contribution < -0.4 is 10.3 Å². The van der Waals surface area contributed by atoms with Crippen molar-refractivity contribution in [2.24, 2.45) is 0 Å². The van der Waals surface area contributed by atoms with Crippen LogP contribution in [0.3, 0.4) is 0 Å². The molecule has 1 aromatic carbocycles. The minimum Gasteiger partial charge on any atom is -0.497 e. The van der Waals surface area contributed by atoms with E-state index in [2.05, 4.69) is 25.5 Å². The van der Waals surface area contributed by atoms with Gasteiger partial charge in [0.2, 0.25) is 5.16 Å². The zero-order chi connectivity index (χ0) is 22.1. The number of aromatic nitrogens is 6. The SMILES string of the molecule is COc1ccc(Cn2nnnc2SC(C)c2nc3scc(-c4ccco4)c3c(=O)[nH]2)cc1. The summed E-state index contributed by atoms with van der Waals surface area (Å²) >= 11 is 2.85. The van der Waals surface area contributed by atoms with Crippen LogP contribution in [0.1, 0.15) is 23.6 Å². The van der Waals surface area contributed by atoms with Crippen molar-refractivity contribution in [2.45, 2.75) is 23.9 Å². The summed E-state index contributed by atoms with van der Waals surface area (Å²) in [4.78, 5) is 21.1. The molecule has 32 heavy (non-hydrogen) atoms. The Balaban J connectivity index is 1.38. The van der Waals surface area contributed by atoms with Crippen molar-refractivity contribution in [2.75, 3.05) is 7.11 Å². The first-order valence-electron chi connectivity index (χ1n) is 9.73. The van der Waals surface area contributed by atoms with Crippen LogP contribution in [0.4, 0.5) is 0 Å². The number of nitrogens with one attached hydrogen (secondary N) is 1. The summed E-state index contributed by atoms with van der Waals surface area (Å²) in [6, 6.07) is 11.4. The normalized spacial score (nSPS) is 12.3. The fourth-order valence-corrected chi connectivity index (χ4v) is 5.05. The Bertz CT molecular complexity index is 1410. The lowest BCUT2D eigenvalue weighted by Crippen LogP contribution is -2.13. The number of thiophene rings is 1. The van der Waals surface area contributed by atoms with Crippen LogP contribution in [0.2, 0.25) is 0 Å². The predicted molar refractivity (Wildman–Crippen MR) is 122 cm³/mol. The molecular weight excluding hydrogens is 448 g/mol. The highest BCUT2D eigenvalue weighted by molar-refractivity contribution is 7.99. The summed E-state index contributed by atoms with van der Waals surface area (Å²) in [7, 11) is 1.64. The van der Waals surface area contributed by atoms with E-state index in [9.17, 15) is 4.79 Å². The van der Waals surface area contributed by atoms with Crippen molar-refractivity contribution < 1.29 is 9.15 Å². The van der Waals surface area contributed by atoms with Gasteiger partial charge in [-0.2, -0.15) is 0 Å². The number of benzene rings is 1. The summed E-state index contributed by atoms with van der Waals surface area (Å²) in [6.45, 7) is 2.48. The second-order valence-electron chi connectivity index (χ2n) is 6.99. The molecule has 0 bridgehead atoms. The molecule has 9 nitrogen and oxygen atoms in total. The van der Waals surface area contributed by atoms with Gasteiger partial charge >= 0.3 is 0 Å². The number of hydrogen-bond acceptors (Lipinski definition) is 9. The topological polar surface area (TPSA) is 112 Å². The molecule has 1 unspecified atom stereocenters. The molecule has 0 saturated carbocycles. The molecule has 4 heterocycles. The van der Waals surface area contributed by atoms with Crippen molar-refractivity contribution in [3.8, 4) is 17.1 Å².